The van der Waals surface area contributed by atoms with E-state index in [2.05, 4.69) is 21.2 Å². The highest BCUT2D eigenvalue weighted by molar-refractivity contribution is 9.10. The lowest BCUT2D eigenvalue weighted by Crippen LogP contribution is -2.41. The standard InChI is InChI=1S/C13H16BrFN2O/c1-9(18)17-7-5-10(6-8-17)16-13-11(14)3-2-4-12(13)15/h2-4,10,16H,5-8H2,1H3. The van der Waals surface area contributed by atoms with Crippen LogP contribution >= 0.6 is 15.9 Å². The number of piperidine rings is 1. The summed E-state index contributed by atoms with van der Waals surface area (Å²) in [5, 5.41) is 3.22. The number of rotatable bonds is 2. The summed E-state index contributed by atoms with van der Waals surface area (Å²) < 4.78 is 14.4. The summed E-state index contributed by atoms with van der Waals surface area (Å²) in [6.07, 6.45) is 1.70. The predicted molar refractivity (Wildman–Crippen MR) is 73.0 cm³/mol. The highest BCUT2D eigenvalue weighted by Crippen LogP contribution is 2.27. The zero-order valence-corrected chi connectivity index (χ0v) is 11.8. The van der Waals surface area contributed by atoms with Gasteiger partial charge < -0.3 is 10.2 Å². The molecule has 0 aliphatic carbocycles. The maximum absolute atomic E-state index is 13.7. The second-order valence-corrected chi connectivity index (χ2v) is 5.38. The number of hydrogen-bond donors (Lipinski definition) is 1. The molecule has 1 aliphatic heterocycles. The molecular formula is C13H16BrFN2O. The van der Waals surface area contributed by atoms with Crippen molar-refractivity contribution in [3.63, 3.8) is 0 Å². The van der Waals surface area contributed by atoms with E-state index >= 15 is 0 Å². The summed E-state index contributed by atoms with van der Waals surface area (Å²) in [6.45, 7) is 3.05. The molecule has 0 radical (unpaired) electrons. The Balaban J connectivity index is 1.98. The summed E-state index contributed by atoms with van der Waals surface area (Å²) >= 11 is 3.34. The molecule has 2 rings (SSSR count). The highest BCUT2D eigenvalue weighted by Gasteiger charge is 2.21. The number of nitrogens with zero attached hydrogens (tertiary/aromatic N) is 1. The first-order valence-corrected chi connectivity index (χ1v) is 6.83. The van der Waals surface area contributed by atoms with Gasteiger partial charge in [0.25, 0.3) is 0 Å². The largest absolute Gasteiger partial charge is 0.379 e. The fourth-order valence-corrected chi connectivity index (χ4v) is 2.64. The van der Waals surface area contributed by atoms with Gasteiger partial charge in [0.2, 0.25) is 5.91 Å². The SMILES string of the molecule is CC(=O)N1CCC(Nc2c(F)cccc2Br)CC1. The second kappa shape index (κ2) is 5.69. The molecule has 5 heteroatoms. The molecule has 1 aliphatic rings. The van der Waals surface area contributed by atoms with E-state index in [0.29, 0.717) is 5.69 Å². The number of carbonyl (C=O) groups excluding carboxylic acids is 1. The molecule has 0 aromatic heterocycles. The number of nitrogens with one attached hydrogen (secondary N) is 1. The van der Waals surface area contributed by atoms with Crippen LogP contribution in [-0.4, -0.2) is 29.9 Å². The summed E-state index contributed by atoms with van der Waals surface area (Å²) in [5.41, 5.74) is 0.513. The zero-order valence-electron chi connectivity index (χ0n) is 10.2. The van der Waals surface area contributed by atoms with Crippen LogP contribution in [0.5, 0.6) is 0 Å². The predicted octanol–water partition coefficient (Wildman–Crippen LogP) is 3.01. The van der Waals surface area contributed by atoms with Crippen LogP contribution in [0.25, 0.3) is 0 Å². The number of amides is 1. The van der Waals surface area contributed by atoms with E-state index in [4.69, 9.17) is 0 Å². The quantitative estimate of drug-likeness (QED) is 0.910. The number of likely N-dealkylation sites (tertiary alicyclic amines) is 1. The molecule has 3 nitrogen and oxygen atoms in total. The molecular weight excluding hydrogens is 299 g/mol. The van der Waals surface area contributed by atoms with Gasteiger partial charge in [0.05, 0.1) is 5.69 Å². The Morgan fingerprint density at radius 1 is 1.44 bits per heavy atom. The van der Waals surface area contributed by atoms with Crippen molar-refractivity contribution in [1.82, 2.24) is 4.90 Å². The van der Waals surface area contributed by atoms with Gasteiger partial charge in [-0.05, 0) is 40.9 Å². The molecule has 18 heavy (non-hydrogen) atoms. The van der Waals surface area contributed by atoms with E-state index in [-0.39, 0.29) is 17.8 Å². The summed E-state index contributed by atoms with van der Waals surface area (Å²) in [7, 11) is 0. The first-order valence-electron chi connectivity index (χ1n) is 6.04. The molecule has 1 amide bonds. The first kappa shape index (κ1) is 13.3. The number of benzene rings is 1. The van der Waals surface area contributed by atoms with Crippen molar-refractivity contribution in [2.45, 2.75) is 25.8 Å². The summed E-state index contributed by atoms with van der Waals surface area (Å²) in [5.74, 6) is -0.140. The molecule has 0 bridgehead atoms. The Bertz CT molecular complexity index is 424. The molecule has 0 saturated carbocycles. The Morgan fingerprint density at radius 2 is 2.11 bits per heavy atom. The van der Waals surface area contributed by atoms with E-state index in [0.717, 1.165) is 30.4 Å². The number of carbonyl (C=O) groups is 1. The fraction of sp³-hybridized carbons (Fsp3) is 0.462. The molecule has 0 atom stereocenters. The van der Waals surface area contributed by atoms with Crippen LogP contribution in [0.1, 0.15) is 19.8 Å². The lowest BCUT2D eigenvalue weighted by Gasteiger charge is -2.32. The van der Waals surface area contributed by atoms with Gasteiger partial charge in [-0.1, -0.05) is 6.07 Å². The minimum atomic E-state index is -0.252. The lowest BCUT2D eigenvalue weighted by atomic mass is 10.0. The molecule has 1 aromatic carbocycles. The Kier molecular flexibility index (Phi) is 4.22. The number of anilines is 1. The normalized spacial score (nSPS) is 16.7. The van der Waals surface area contributed by atoms with E-state index < -0.39 is 0 Å². The second-order valence-electron chi connectivity index (χ2n) is 4.52. The Hall–Kier alpha value is -1.10. The minimum absolute atomic E-state index is 0.112. The molecule has 1 N–H and O–H groups in total. The van der Waals surface area contributed by atoms with E-state index in [1.165, 1.54) is 6.07 Å². The third-order valence-corrected chi connectivity index (χ3v) is 3.91. The molecule has 1 heterocycles. The average Bonchev–Trinajstić information content (AvgIpc) is 2.34. The van der Waals surface area contributed by atoms with Gasteiger partial charge in [-0.3, -0.25) is 4.79 Å². The van der Waals surface area contributed by atoms with Crippen molar-refractivity contribution in [3.8, 4) is 0 Å². The number of para-hydroxylation sites is 1. The van der Waals surface area contributed by atoms with Crippen molar-refractivity contribution in [1.29, 1.82) is 0 Å². The van der Waals surface area contributed by atoms with E-state index in [1.54, 1.807) is 13.0 Å². The van der Waals surface area contributed by atoms with Gasteiger partial charge in [-0.15, -0.1) is 0 Å². The van der Waals surface area contributed by atoms with Crippen molar-refractivity contribution < 1.29 is 9.18 Å². The van der Waals surface area contributed by atoms with Gasteiger partial charge in [-0.2, -0.15) is 0 Å². The van der Waals surface area contributed by atoms with E-state index in [1.807, 2.05) is 11.0 Å². The van der Waals surface area contributed by atoms with Crippen molar-refractivity contribution >= 4 is 27.5 Å². The minimum Gasteiger partial charge on any atom is -0.379 e. The molecule has 1 saturated heterocycles. The maximum atomic E-state index is 13.7. The maximum Gasteiger partial charge on any atom is 0.219 e. The summed E-state index contributed by atoms with van der Waals surface area (Å²) in [6, 6.07) is 5.14. The summed E-state index contributed by atoms with van der Waals surface area (Å²) in [4.78, 5) is 13.0. The number of halogens is 2. The lowest BCUT2D eigenvalue weighted by molar-refractivity contribution is -0.129. The molecule has 1 aromatic rings. The monoisotopic (exact) mass is 314 g/mol. The van der Waals surface area contributed by atoms with Crippen LogP contribution in [-0.2, 0) is 4.79 Å². The van der Waals surface area contributed by atoms with Gasteiger partial charge in [0.1, 0.15) is 5.82 Å². The van der Waals surface area contributed by atoms with E-state index in [9.17, 15) is 9.18 Å². The molecule has 0 unspecified atom stereocenters. The molecule has 98 valence electrons. The van der Waals surface area contributed by atoms with Crippen molar-refractivity contribution in [3.05, 3.63) is 28.5 Å². The van der Waals surface area contributed by atoms with Crippen LogP contribution in [0.4, 0.5) is 10.1 Å². The third-order valence-electron chi connectivity index (χ3n) is 3.25. The molecule has 0 spiro atoms. The zero-order chi connectivity index (χ0) is 13.1. The van der Waals surface area contributed by atoms with Crippen molar-refractivity contribution in [2.24, 2.45) is 0 Å². The smallest absolute Gasteiger partial charge is 0.219 e. The van der Waals surface area contributed by atoms with Gasteiger partial charge in [0, 0.05) is 30.5 Å². The van der Waals surface area contributed by atoms with Crippen molar-refractivity contribution in [2.75, 3.05) is 18.4 Å². The Labute approximate surface area is 114 Å². The van der Waals surface area contributed by atoms with Gasteiger partial charge in [0.15, 0.2) is 0 Å². The number of hydrogen-bond acceptors (Lipinski definition) is 2. The Morgan fingerprint density at radius 3 is 2.67 bits per heavy atom. The fourth-order valence-electron chi connectivity index (χ4n) is 2.18. The van der Waals surface area contributed by atoms with Crippen LogP contribution in [0.3, 0.4) is 0 Å². The first-order chi connectivity index (χ1) is 8.58. The highest BCUT2D eigenvalue weighted by atomic mass is 79.9. The van der Waals surface area contributed by atoms with Gasteiger partial charge >= 0.3 is 0 Å². The molecule has 1 fully saturated rings. The van der Waals surface area contributed by atoms with Crippen LogP contribution < -0.4 is 5.32 Å². The van der Waals surface area contributed by atoms with Gasteiger partial charge in [-0.25, -0.2) is 4.39 Å². The topological polar surface area (TPSA) is 32.3 Å². The third kappa shape index (κ3) is 3.02. The van der Waals surface area contributed by atoms with Crippen LogP contribution in [0, 0.1) is 5.82 Å². The van der Waals surface area contributed by atoms with Crippen LogP contribution in [0.15, 0.2) is 22.7 Å². The average molecular weight is 315 g/mol. The van der Waals surface area contributed by atoms with Crippen LogP contribution in [0.2, 0.25) is 0 Å².